The van der Waals surface area contributed by atoms with Gasteiger partial charge in [0.25, 0.3) is 0 Å². The lowest BCUT2D eigenvalue weighted by Gasteiger charge is -2.23. The van der Waals surface area contributed by atoms with Gasteiger partial charge in [-0.2, -0.15) is 5.10 Å². The van der Waals surface area contributed by atoms with Crippen LogP contribution < -0.4 is 10.6 Å². The van der Waals surface area contributed by atoms with Crippen LogP contribution in [0.1, 0.15) is 23.4 Å². The number of hydrogen-bond acceptors (Lipinski definition) is 4. The molecule has 0 spiro atoms. The molecule has 1 aliphatic rings. The van der Waals surface area contributed by atoms with E-state index >= 15 is 0 Å². The fraction of sp³-hybridized carbons (Fsp3) is 0.471. The van der Waals surface area contributed by atoms with Gasteiger partial charge in [0, 0.05) is 25.1 Å². The summed E-state index contributed by atoms with van der Waals surface area (Å²) < 4.78 is 15.6. The zero-order valence-electron chi connectivity index (χ0n) is 14.5. The normalized spacial score (nSPS) is 16.6. The van der Waals surface area contributed by atoms with Crippen LogP contribution in [-0.2, 0) is 26.1 Å². The number of carbonyl (C=O) groups is 1. The summed E-state index contributed by atoms with van der Waals surface area (Å²) in [5, 5.41) is 9.93. The average molecular weight is 346 g/mol. The SMILES string of the molecule is CN(C)Cc1cc(CNC(=O)NC2CCc3ncnn3C2)ccc1F. The van der Waals surface area contributed by atoms with Crippen LogP contribution in [0.4, 0.5) is 9.18 Å². The number of fused-ring (bicyclic) bond motifs is 1. The van der Waals surface area contributed by atoms with E-state index in [1.165, 1.54) is 12.4 Å². The lowest BCUT2D eigenvalue weighted by atomic mass is 10.1. The van der Waals surface area contributed by atoms with Crippen LogP contribution in [0.3, 0.4) is 0 Å². The molecule has 2 amide bonds. The highest BCUT2D eigenvalue weighted by atomic mass is 19.1. The molecule has 0 bridgehead atoms. The molecule has 2 N–H and O–H groups in total. The van der Waals surface area contributed by atoms with Crippen LogP contribution in [-0.4, -0.2) is 45.8 Å². The van der Waals surface area contributed by atoms with Crippen LogP contribution in [0.15, 0.2) is 24.5 Å². The molecule has 1 aromatic carbocycles. The summed E-state index contributed by atoms with van der Waals surface area (Å²) in [7, 11) is 3.78. The van der Waals surface area contributed by atoms with Crippen molar-refractivity contribution in [3.63, 3.8) is 0 Å². The van der Waals surface area contributed by atoms with Crippen molar-refractivity contribution in [3.8, 4) is 0 Å². The highest BCUT2D eigenvalue weighted by Crippen LogP contribution is 2.13. The van der Waals surface area contributed by atoms with E-state index in [4.69, 9.17) is 0 Å². The number of rotatable bonds is 5. The second-order valence-corrected chi connectivity index (χ2v) is 6.58. The molecule has 0 fully saturated rings. The van der Waals surface area contributed by atoms with Crippen molar-refractivity contribution in [2.24, 2.45) is 0 Å². The van der Waals surface area contributed by atoms with E-state index in [1.54, 1.807) is 12.1 Å². The summed E-state index contributed by atoms with van der Waals surface area (Å²) in [6.45, 7) is 1.51. The number of amides is 2. The van der Waals surface area contributed by atoms with Gasteiger partial charge in [0.1, 0.15) is 18.0 Å². The van der Waals surface area contributed by atoms with Crippen LogP contribution in [0.25, 0.3) is 0 Å². The maximum Gasteiger partial charge on any atom is 0.315 e. The molecule has 25 heavy (non-hydrogen) atoms. The Hall–Kier alpha value is -2.48. The molecule has 7 nitrogen and oxygen atoms in total. The Kier molecular flexibility index (Phi) is 5.28. The number of carbonyl (C=O) groups excluding carboxylic acids is 1. The summed E-state index contributed by atoms with van der Waals surface area (Å²) in [6, 6.07) is 4.73. The smallest absolute Gasteiger partial charge is 0.315 e. The Labute approximate surface area is 146 Å². The van der Waals surface area contributed by atoms with Crippen molar-refractivity contribution in [1.82, 2.24) is 30.3 Å². The van der Waals surface area contributed by atoms with Gasteiger partial charge in [0.2, 0.25) is 0 Å². The van der Waals surface area contributed by atoms with E-state index in [2.05, 4.69) is 20.7 Å². The highest BCUT2D eigenvalue weighted by Gasteiger charge is 2.21. The Bertz CT molecular complexity index is 744. The van der Waals surface area contributed by atoms with Crippen molar-refractivity contribution in [2.75, 3.05) is 14.1 Å². The molecule has 1 atom stereocenters. The van der Waals surface area contributed by atoms with Crippen LogP contribution in [0.2, 0.25) is 0 Å². The second-order valence-electron chi connectivity index (χ2n) is 6.58. The van der Waals surface area contributed by atoms with Crippen LogP contribution in [0, 0.1) is 5.82 Å². The van der Waals surface area contributed by atoms with E-state index in [0.717, 1.165) is 24.2 Å². The number of nitrogens with one attached hydrogen (secondary N) is 2. The molecule has 1 unspecified atom stereocenters. The van der Waals surface area contributed by atoms with E-state index in [1.807, 2.05) is 23.7 Å². The maximum absolute atomic E-state index is 13.8. The Morgan fingerprint density at radius 2 is 2.28 bits per heavy atom. The van der Waals surface area contributed by atoms with Gasteiger partial charge >= 0.3 is 6.03 Å². The maximum atomic E-state index is 13.8. The topological polar surface area (TPSA) is 75.1 Å². The van der Waals surface area contributed by atoms with Gasteiger partial charge < -0.3 is 15.5 Å². The van der Waals surface area contributed by atoms with Gasteiger partial charge in [-0.3, -0.25) is 0 Å². The second kappa shape index (κ2) is 7.60. The minimum absolute atomic E-state index is 0.0340. The predicted molar refractivity (Wildman–Crippen MR) is 91.3 cm³/mol. The van der Waals surface area contributed by atoms with E-state index in [9.17, 15) is 9.18 Å². The predicted octanol–water partition coefficient (Wildman–Crippen LogP) is 1.29. The van der Waals surface area contributed by atoms with Gasteiger partial charge in [-0.15, -0.1) is 0 Å². The van der Waals surface area contributed by atoms with Crippen molar-refractivity contribution < 1.29 is 9.18 Å². The zero-order chi connectivity index (χ0) is 17.8. The summed E-state index contributed by atoms with van der Waals surface area (Å²) in [5.41, 5.74) is 1.49. The minimum atomic E-state index is -0.230. The molecule has 0 saturated heterocycles. The van der Waals surface area contributed by atoms with Gasteiger partial charge in [-0.1, -0.05) is 6.07 Å². The summed E-state index contributed by atoms with van der Waals surface area (Å²) in [6.07, 6.45) is 3.18. The number of aryl methyl sites for hydroxylation is 1. The van der Waals surface area contributed by atoms with Crippen molar-refractivity contribution in [2.45, 2.75) is 38.5 Å². The molecule has 3 rings (SSSR count). The number of hydrogen-bond donors (Lipinski definition) is 2. The van der Waals surface area contributed by atoms with Crippen LogP contribution >= 0.6 is 0 Å². The van der Waals surface area contributed by atoms with E-state index < -0.39 is 0 Å². The molecule has 1 aliphatic heterocycles. The fourth-order valence-corrected chi connectivity index (χ4v) is 2.97. The molecule has 0 radical (unpaired) electrons. The molecular weight excluding hydrogens is 323 g/mol. The van der Waals surface area contributed by atoms with Crippen molar-refractivity contribution in [1.29, 1.82) is 0 Å². The standard InChI is InChI=1S/C17H23FN6O/c1-23(2)9-13-7-12(3-5-15(13)18)8-19-17(25)22-14-4-6-16-20-11-21-24(16)10-14/h3,5,7,11,14H,4,6,8-10H2,1-2H3,(H2,19,22,25). The zero-order valence-corrected chi connectivity index (χ0v) is 14.5. The molecule has 2 aromatic rings. The first-order valence-corrected chi connectivity index (χ1v) is 8.34. The molecule has 2 heterocycles. The molecular formula is C17H23FN6O. The lowest BCUT2D eigenvalue weighted by molar-refractivity contribution is 0.231. The fourth-order valence-electron chi connectivity index (χ4n) is 2.97. The van der Waals surface area contributed by atoms with Gasteiger partial charge in [-0.25, -0.2) is 18.9 Å². The Morgan fingerprint density at radius 3 is 3.08 bits per heavy atom. The summed E-state index contributed by atoms with van der Waals surface area (Å²) in [4.78, 5) is 18.2. The van der Waals surface area contributed by atoms with Crippen molar-refractivity contribution in [3.05, 3.63) is 47.3 Å². The molecule has 0 saturated carbocycles. The third-order valence-corrected chi connectivity index (χ3v) is 4.19. The average Bonchev–Trinajstić information content (AvgIpc) is 3.03. The monoisotopic (exact) mass is 346 g/mol. The van der Waals surface area contributed by atoms with Gasteiger partial charge in [0.15, 0.2) is 0 Å². The summed E-state index contributed by atoms with van der Waals surface area (Å²) in [5.74, 6) is 0.728. The number of halogens is 1. The first-order valence-electron chi connectivity index (χ1n) is 8.34. The minimum Gasteiger partial charge on any atom is -0.334 e. The first kappa shape index (κ1) is 17.3. The number of urea groups is 1. The highest BCUT2D eigenvalue weighted by molar-refractivity contribution is 5.74. The van der Waals surface area contributed by atoms with Crippen LogP contribution in [0.5, 0.6) is 0 Å². The molecule has 134 valence electrons. The number of benzene rings is 1. The quantitative estimate of drug-likeness (QED) is 0.856. The lowest BCUT2D eigenvalue weighted by Crippen LogP contribution is -2.45. The van der Waals surface area contributed by atoms with Gasteiger partial charge in [0.05, 0.1) is 12.6 Å². The Morgan fingerprint density at radius 1 is 1.44 bits per heavy atom. The Balaban J connectivity index is 1.51. The van der Waals surface area contributed by atoms with E-state index in [-0.39, 0.29) is 17.9 Å². The van der Waals surface area contributed by atoms with E-state index in [0.29, 0.717) is 25.2 Å². The first-order chi connectivity index (χ1) is 12.0. The van der Waals surface area contributed by atoms with Gasteiger partial charge in [-0.05, 0) is 38.2 Å². The van der Waals surface area contributed by atoms with Crippen molar-refractivity contribution >= 4 is 6.03 Å². The molecule has 1 aromatic heterocycles. The third-order valence-electron chi connectivity index (χ3n) is 4.19. The largest absolute Gasteiger partial charge is 0.334 e. The number of aromatic nitrogens is 3. The number of nitrogens with zero attached hydrogens (tertiary/aromatic N) is 4. The molecule has 0 aliphatic carbocycles. The third kappa shape index (κ3) is 4.54. The molecule has 8 heteroatoms. The summed E-state index contributed by atoms with van der Waals surface area (Å²) >= 11 is 0.